The van der Waals surface area contributed by atoms with Gasteiger partial charge in [-0.3, -0.25) is 9.59 Å². The van der Waals surface area contributed by atoms with Crippen molar-refractivity contribution in [3.8, 4) is 0 Å². The quantitative estimate of drug-likeness (QED) is 0.755. The van der Waals surface area contributed by atoms with Crippen LogP contribution < -0.4 is 5.32 Å². The van der Waals surface area contributed by atoms with Gasteiger partial charge in [0.25, 0.3) is 0 Å². The lowest BCUT2D eigenvalue weighted by Gasteiger charge is -2.19. The Morgan fingerprint density at radius 2 is 1.78 bits per heavy atom. The van der Waals surface area contributed by atoms with Gasteiger partial charge in [-0.15, -0.1) is 0 Å². The normalized spacial score (nSPS) is 12.5. The number of carbonyl (C=O) groups is 3. The molecule has 0 spiro atoms. The molecule has 6 nitrogen and oxygen atoms in total. The number of ketones is 1. The number of hydrogen-bond acceptors (Lipinski definition) is 5. The molecule has 0 aromatic carbocycles. The summed E-state index contributed by atoms with van der Waals surface area (Å²) in [4.78, 5) is 33.3. The van der Waals surface area contributed by atoms with E-state index in [2.05, 4.69) is 5.32 Å². The largest absolute Gasteiger partial charge is 0.461 e. The molecule has 104 valence electrons. The third-order valence-corrected chi connectivity index (χ3v) is 1.68. The number of amides is 1. The fourth-order valence-electron chi connectivity index (χ4n) is 1.17. The Morgan fingerprint density at radius 1 is 1.22 bits per heavy atom. The van der Waals surface area contributed by atoms with Gasteiger partial charge in [-0.05, 0) is 34.6 Å². The number of esters is 1. The third kappa shape index (κ3) is 9.62. The van der Waals surface area contributed by atoms with Gasteiger partial charge in [0.1, 0.15) is 24.0 Å². The summed E-state index contributed by atoms with van der Waals surface area (Å²) >= 11 is 0. The lowest BCUT2D eigenvalue weighted by molar-refractivity contribution is -0.148. The van der Waals surface area contributed by atoms with Crippen molar-refractivity contribution < 1.29 is 23.9 Å². The first kappa shape index (κ1) is 16.4. The van der Waals surface area contributed by atoms with Crippen LogP contribution in [0.3, 0.4) is 0 Å². The molecule has 0 aromatic rings. The smallest absolute Gasteiger partial charge is 0.408 e. The molecule has 0 heterocycles. The van der Waals surface area contributed by atoms with Gasteiger partial charge in [0.2, 0.25) is 0 Å². The van der Waals surface area contributed by atoms with E-state index in [0.717, 1.165) is 0 Å². The summed E-state index contributed by atoms with van der Waals surface area (Å²) in [6.45, 7) is 7.92. The number of ether oxygens (including phenoxy) is 2. The summed E-state index contributed by atoms with van der Waals surface area (Å²) in [7, 11) is 0. The molecule has 18 heavy (non-hydrogen) atoms. The van der Waals surface area contributed by atoms with E-state index in [9.17, 15) is 14.4 Å². The van der Waals surface area contributed by atoms with Gasteiger partial charge in [0.15, 0.2) is 0 Å². The van der Waals surface area contributed by atoms with Crippen LogP contribution in [0.1, 0.15) is 41.0 Å². The van der Waals surface area contributed by atoms with Crippen LogP contribution in [0.25, 0.3) is 0 Å². The summed E-state index contributed by atoms with van der Waals surface area (Å²) < 4.78 is 9.86. The third-order valence-electron chi connectivity index (χ3n) is 1.68. The van der Waals surface area contributed by atoms with E-state index in [1.165, 1.54) is 6.92 Å². The van der Waals surface area contributed by atoms with Crippen LogP contribution in [0.2, 0.25) is 0 Å². The molecule has 0 aliphatic carbocycles. The molecule has 0 saturated heterocycles. The van der Waals surface area contributed by atoms with Gasteiger partial charge < -0.3 is 14.8 Å². The summed E-state index contributed by atoms with van der Waals surface area (Å²) in [6, 6.07) is 0. The first-order chi connectivity index (χ1) is 8.10. The minimum atomic E-state index is -0.682. The molecule has 1 atom stereocenters. The summed E-state index contributed by atoms with van der Waals surface area (Å²) in [5.74, 6) is -0.662. The van der Waals surface area contributed by atoms with E-state index in [1.54, 1.807) is 27.7 Å². The highest BCUT2D eigenvalue weighted by molar-refractivity contribution is 5.79. The van der Waals surface area contributed by atoms with Gasteiger partial charge >= 0.3 is 12.1 Å². The second-order valence-corrected chi connectivity index (χ2v) is 5.06. The predicted molar refractivity (Wildman–Crippen MR) is 65.1 cm³/mol. The minimum Gasteiger partial charge on any atom is -0.461 e. The molecule has 1 N–H and O–H groups in total. The molecule has 0 fully saturated rings. The standard InChI is InChI=1S/C12H21NO5/c1-8(14)6-9(2)17-10(15)7-13-11(16)18-12(3,4)5/h9H,6-7H2,1-5H3,(H,13,16). The molecular formula is C12H21NO5. The average Bonchev–Trinajstić information content (AvgIpc) is 2.10. The van der Waals surface area contributed by atoms with Crippen molar-refractivity contribution in [2.45, 2.75) is 52.7 Å². The van der Waals surface area contributed by atoms with Gasteiger partial charge in [-0.25, -0.2) is 4.79 Å². The van der Waals surface area contributed by atoms with Crippen LogP contribution in [0.5, 0.6) is 0 Å². The van der Waals surface area contributed by atoms with Gasteiger partial charge in [0.05, 0.1) is 0 Å². The maximum absolute atomic E-state index is 11.3. The zero-order valence-electron chi connectivity index (χ0n) is 11.5. The first-order valence-corrected chi connectivity index (χ1v) is 5.76. The second-order valence-electron chi connectivity index (χ2n) is 5.06. The van der Waals surface area contributed by atoms with Crippen molar-refractivity contribution in [2.75, 3.05) is 6.54 Å². The van der Waals surface area contributed by atoms with Gasteiger partial charge in [-0.2, -0.15) is 0 Å². The number of hydrogen-bond donors (Lipinski definition) is 1. The number of Topliss-reactive ketones (excluding diaryl/α,β-unsaturated/α-hetero) is 1. The Labute approximate surface area is 107 Å². The molecular weight excluding hydrogens is 238 g/mol. The Hall–Kier alpha value is -1.59. The van der Waals surface area contributed by atoms with Crippen molar-refractivity contribution in [1.29, 1.82) is 0 Å². The van der Waals surface area contributed by atoms with Crippen molar-refractivity contribution in [3.05, 3.63) is 0 Å². The topological polar surface area (TPSA) is 81.7 Å². The molecule has 0 rings (SSSR count). The van der Waals surface area contributed by atoms with Crippen LogP contribution >= 0.6 is 0 Å². The molecule has 1 unspecified atom stereocenters. The summed E-state index contributed by atoms with van der Waals surface area (Å²) in [6.07, 6.45) is -1.01. The zero-order valence-corrected chi connectivity index (χ0v) is 11.5. The van der Waals surface area contributed by atoms with E-state index in [1.807, 2.05) is 0 Å². The first-order valence-electron chi connectivity index (χ1n) is 5.76. The summed E-state index contributed by atoms with van der Waals surface area (Å²) in [5.41, 5.74) is -0.615. The highest BCUT2D eigenvalue weighted by Gasteiger charge is 2.17. The van der Waals surface area contributed by atoms with E-state index in [0.29, 0.717) is 0 Å². The molecule has 0 aromatic heterocycles. The van der Waals surface area contributed by atoms with Gasteiger partial charge in [-0.1, -0.05) is 0 Å². The van der Waals surface area contributed by atoms with E-state index >= 15 is 0 Å². The molecule has 0 aliphatic rings. The van der Waals surface area contributed by atoms with Crippen LogP contribution in [-0.2, 0) is 19.1 Å². The maximum atomic E-state index is 11.3. The SMILES string of the molecule is CC(=O)CC(C)OC(=O)CNC(=O)OC(C)(C)C. The van der Waals surface area contributed by atoms with Crippen molar-refractivity contribution in [1.82, 2.24) is 5.32 Å². The van der Waals surface area contributed by atoms with Crippen molar-refractivity contribution in [3.63, 3.8) is 0 Å². The van der Waals surface area contributed by atoms with E-state index in [-0.39, 0.29) is 18.7 Å². The Kier molecular flexibility index (Phi) is 6.36. The van der Waals surface area contributed by atoms with Gasteiger partial charge in [0, 0.05) is 6.42 Å². The van der Waals surface area contributed by atoms with E-state index < -0.39 is 23.8 Å². The average molecular weight is 259 g/mol. The molecule has 0 aliphatic heterocycles. The van der Waals surface area contributed by atoms with Crippen LogP contribution in [0.15, 0.2) is 0 Å². The fraction of sp³-hybridized carbons (Fsp3) is 0.750. The molecule has 0 saturated carbocycles. The number of rotatable bonds is 5. The predicted octanol–water partition coefficient (Wildman–Crippen LogP) is 1.42. The number of alkyl carbamates (subject to hydrolysis) is 1. The maximum Gasteiger partial charge on any atom is 0.408 e. The number of nitrogens with one attached hydrogen (secondary N) is 1. The lowest BCUT2D eigenvalue weighted by Crippen LogP contribution is -2.36. The van der Waals surface area contributed by atoms with Crippen molar-refractivity contribution >= 4 is 17.8 Å². The lowest BCUT2D eigenvalue weighted by atomic mass is 10.2. The number of carbonyl (C=O) groups excluding carboxylic acids is 3. The Bertz CT molecular complexity index is 319. The van der Waals surface area contributed by atoms with E-state index in [4.69, 9.17) is 9.47 Å². The Balaban J connectivity index is 3.90. The van der Waals surface area contributed by atoms with Crippen LogP contribution in [-0.4, -0.2) is 36.1 Å². The summed E-state index contributed by atoms with van der Waals surface area (Å²) in [5, 5.41) is 2.28. The monoisotopic (exact) mass is 259 g/mol. The van der Waals surface area contributed by atoms with Crippen molar-refractivity contribution in [2.24, 2.45) is 0 Å². The highest BCUT2D eigenvalue weighted by atomic mass is 16.6. The van der Waals surface area contributed by atoms with Crippen LogP contribution in [0.4, 0.5) is 4.79 Å². The highest BCUT2D eigenvalue weighted by Crippen LogP contribution is 2.06. The zero-order chi connectivity index (χ0) is 14.3. The molecule has 1 amide bonds. The second kappa shape index (κ2) is 6.98. The van der Waals surface area contributed by atoms with Crippen LogP contribution in [0, 0.1) is 0 Å². The minimum absolute atomic E-state index is 0.0598. The Morgan fingerprint density at radius 3 is 2.22 bits per heavy atom. The molecule has 6 heteroatoms. The molecule has 0 radical (unpaired) electrons. The fourth-order valence-corrected chi connectivity index (χ4v) is 1.17. The molecule has 0 bridgehead atoms.